The summed E-state index contributed by atoms with van der Waals surface area (Å²) in [4.78, 5) is 28.1. The predicted molar refractivity (Wildman–Crippen MR) is 127 cm³/mol. The molecule has 1 heterocycles. The third-order valence-electron chi connectivity index (χ3n) is 5.81. The highest BCUT2D eigenvalue weighted by atomic mass is 35.5. The van der Waals surface area contributed by atoms with Crippen LogP contribution in [0.25, 0.3) is 0 Å². The van der Waals surface area contributed by atoms with E-state index in [0.717, 1.165) is 16.9 Å². The molecule has 1 aliphatic carbocycles. The molecule has 2 aromatic rings. The topological polar surface area (TPSA) is 49.4 Å². The van der Waals surface area contributed by atoms with Gasteiger partial charge >= 0.3 is 0 Å². The van der Waals surface area contributed by atoms with E-state index in [2.05, 4.69) is 19.2 Å². The molecule has 0 saturated heterocycles. The maximum absolute atomic E-state index is 13.5. The summed E-state index contributed by atoms with van der Waals surface area (Å²) in [7, 11) is 0. The van der Waals surface area contributed by atoms with Crippen LogP contribution >= 0.6 is 34.8 Å². The Labute approximate surface area is 197 Å². The van der Waals surface area contributed by atoms with Gasteiger partial charge in [0.1, 0.15) is 0 Å². The van der Waals surface area contributed by atoms with Crippen LogP contribution in [0.1, 0.15) is 50.8 Å². The first kappa shape index (κ1) is 22.2. The van der Waals surface area contributed by atoms with Crippen LogP contribution in [-0.4, -0.2) is 11.7 Å². The number of anilines is 2. The van der Waals surface area contributed by atoms with Crippen molar-refractivity contribution in [3.05, 3.63) is 68.8 Å². The number of alkyl halides is 1. The van der Waals surface area contributed by atoms with Crippen LogP contribution in [0.15, 0.2) is 47.7 Å². The summed E-state index contributed by atoms with van der Waals surface area (Å²) >= 11 is 18.8. The average molecular weight is 478 g/mol. The van der Waals surface area contributed by atoms with Crippen molar-refractivity contribution in [2.24, 2.45) is 5.41 Å². The molecule has 2 aromatic carbocycles. The number of carbonyl (C=O) groups excluding carboxylic acids is 2. The molecule has 0 aromatic heterocycles. The summed E-state index contributed by atoms with van der Waals surface area (Å²) in [6.45, 7) is 5.65. The first-order chi connectivity index (χ1) is 14.6. The summed E-state index contributed by atoms with van der Waals surface area (Å²) in [6, 6.07) is 10.2. The number of halogens is 3. The number of nitrogens with zero attached hydrogens (tertiary/aromatic N) is 1. The fourth-order valence-corrected chi connectivity index (χ4v) is 5.22. The standard InChI is InChI=1S/C24H23Cl3N2O2/c1-13(30)29-20-7-4-14(12-25)8-18(20)28-19-10-24(2,3)11-21(31)22(19)23(29)16-6-5-15(26)9-17(16)27/h4-9,23,28H,10-12H2,1-3H3. The Morgan fingerprint density at radius 1 is 1.16 bits per heavy atom. The second-order valence-electron chi connectivity index (χ2n) is 8.90. The minimum absolute atomic E-state index is 0.00592. The summed E-state index contributed by atoms with van der Waals surface area (Å²) in [5.74, 6) is 0.160. The normalized spacial score (nSPS) is 20.0. The van der Waals surface area contributed by atoms with Crippen LogP contribution in [0.3, 0.4) is 0 Å². The Morgan fingerprint density at radius 3 is 2.55 bits per heavy atom. The average Bonchev–Trinajstić information content (AvgIpc) is 2.80. The number of amides is 1. The van der Waals surface area contributed by atoms with Gasteiger partial charge in [0, 0.05) is 40.5 Å². The molecule has 1 unspecified atom stereocenters. The molecule has 0 fully saturated rings. The summed E-state index contributed by atoms with van der Waals surface area (Å²) in [5.41, 5.74) is 4.20. The molecule has 1 aliphatic heterocycles. The Morgan fingerprint density at radius 2 is 1.90 bits per heavy atom. The maximum Gasteiger partial charge on any atom is 0.224 e. The predicted octanol–water partition coefficient (Wildman–Crippen LogP) is 6.90. The van der Waals surface area contributed by atoms with Crippen molar-refractivity contribution in [3.63, 3.8) is 0 Å². The van der Waals surface area contributed by atoms with Crippen molar-refractivity contribution in [2.45, 2.75) is 45.5 Å². The number of benzene rings is 2. The Hall–Kier alpha value is -2.01. The summed E-state index contributed by atoms with van der Waals surface area (Å²) < 4.78 is 0. The number of allylic oxidation sites excluding steroid dienone is 1. The van der Waals surface area contributed by atoms with Crippen molar-refractivity contribution in [2.75, 3.05) is 10.2 Å². The lowest BCUT2D eigenvalue weighted by molar-refractivity contribution is -0.118. The second kappa shape index (κ2) is 8.16. The number of hydrogen-bond acceptors (Lipinski definition) is 3. The van der Waals surface area contributed by atoms with Crippen LogP contribution in [-0.2, 0) is 15.5 Å². The Kier molecular flexibility index (Phi) is 5.84. The van der Waals surface area contributed by atoms with Crippen LogP contribution in [0.5, 0.6) is 0 Å². The number of Topliss-reactive ketones (excluding diaryl/α,β-unsaturated/α-hetero) is 1. The minimum atomic E-state index is -0.656. The van der Waals surface area contributed by atoms with Gasteiger partial charge in [-0.15, -0.1) is 11.6 Å². The van der Waals surface area contributed by atoms with Crippen LogP contribution < -0.4 is 10.2 Å². The number of nitrogens with one attached hydrogen (secondary N) is 1. The van der Waals surface area contributed by atoms with E-state index in [4.69, 9.17) is 34.8 Å². The molecule has 4 rings (SSSR count). The lowest BCUT2D eigenvalue weighted by atomic mass is 9.73. The number of fused-ring (bicyclic) bond motifs is 1. The first-order valence-corrected chi connectivity index (χ1v) is 11.4. The van der Waals surface area contributed by atoms with Crippen molar-refractivity contribution in [1.82, 2.24) is 0 Å². The monoisotopic (exact) mass is 476 g/mol. The van der Waals surface area contributed by atoms with Crippen LogP contribution in [0.2, 0.25) is 10.0 Å². The number of ketones is 1. The van der Waals surface area contributed by atoms with E-state index in [1.54, 1.807) is 23.1 Å². The van der Waals surface area contributed by atoms with Crippen molar-refractivity contribution in [1.29, 1.82) is 0 Å². The van der Waals surface area contributed by atoms with E-state index in [1.807, 2.05) is 18.2 Å². The van der Waals surface area contributed by atoms with E-state index in [9.17, 15) is 9.59 Å². The van der Waals surface area contributed by atoms with Crippen LogP contribution in [0.4, 0.5) is 11.4 Å². The van der Waals surface area contributed by atoms with Gasteiger partial charge in [-0.1, -0.05) is 49.2 Å². The molecule has 1 atom stereocenters. The molecule has 1 amide bonds. The van der Waals surface area contributed by atoms with E-state index < -0.39 is 6.04 Å². The van der Waals surface area contributed by atoms with Gasteiger partial charge in [-0.2, -0.15) is 0 Å². The molecule has 0 saturated carbocycles. The zero-order valence-electron chi connectivity index (χ0n) is 17.6. The fourth-order valence-electron chi connectivity index (χ4n) is 4.54. The van der Waals surface area contributed by atoms with Gasteiger partial charge in [-0.25, -0.2) is 0 Å². The molecule has 4 nitrogen and oxygen atoms in total. The highest BCUT2D eigenvalue weighted by Crippen LogP contribution is 2.49. The highest BCUT2D eigenvalue weighted by Gasteiger charge is 2.43. The van der Waals surface area contributed by atoms with Crippen molar-refractivity contribution < 1.29 is 9.59 Å². The molecule has 0 radical (unpaired) electrons. The van der Waals surface area contributed by atoms with Crippen molar-refractivity contribution in [3.8, 4) is 0 Å². The molecule has 2 aliphatic rings. The zero-order chi connectivity index (χ0) is 22.5. The van der Waals surface area contributed by atoms with Gasteiger partial charge in [0.2, 0.25) is 5.91 Å². The fraction of sp³-hybridized carbons (Fsp3) is 0.333. The van der Waals surface area contributed by atoms with Crippen molar-refractivity contribution >= 4 is 57.9 Å². The Balaban J connectivity index is 2.04. The smallest absolute Gasteiger partial charge is 0.224 e. The SMILES string of the molecule is CC(=O)N1c2ccc(CCl)cc2NC2=C(C(=O)CC(C)(C)C2)C1c1ccc(Cl)cc1Cl. The maximum atomic E-state index is 13.5. The number of carbonyl (C=O) groups is 2. The van der Waals surface area contributed by atoms with Gasteiger partial charge in [0.25, 0.3) is 0 Å². The molecule has 0 bridgehead atoms. The lowest BCUT2D eigenvalue weighted by Gasteiger charge is -2.37. The summed E-state index contributed by atoms with van der Waals surface area (Å²) in [6.07, 6.45) is 1.07. The highest BCUT2D eigenvalue weighted by molar-refractivity contribution is 6.35. The molecule has 31 heavy (non-hydrogen) atoms. The number of hydrogen-bond donors (Lipinski definition) is 1. The molecular formula is C24H23Cl3N2O2. The van der Waals surface area contributed by atoms with Gasteiger partial charge in [0.15, 0.2) is 5.78 Å². The van der Waals surface area contributed by atoms with Gasteiger partial charge in [-0.05, 0) is 47.2 Å². The molecular weight excluding hydrogens is 455 g/mol. The number of rotatable bonds is 2. The van der Waals surface area contributed by atoms with Gasteiger partial charge in [-0.3, -0.25) is 14.5 Å². The Bertz CT molecular complexity index is 1120. The third-order valence-corrected chi connectivity index (χ3v) is 6.68. The minimum Gasteiger partial charge on any atom is -0.357 e. The third kappa shape index (κ3) is 4.09. The molecule has 1 N–H and O–H groups in total. The van der Waals surface area contributed by atoms with Crippen LogP contribution in [0, 0.1) is 5.41 Å². The van der Waals surface area contributed by atoms with E-state index in [1.165, 1.54) is 6.92 Å². The largest absolute Gasteiger partial charge is 0.357 e. The molecule has 0 spiro atoms. The summed E-state index contributed by atoms with van der Waals surface area (Å²) in [5, 5.41) is 4.38. The lowest BCUT2D eigenvalue weighted by Crippen LogP contribution is -2.38. The first-order valence-electron chi connectivity index (χ1n) is 10.1. The van der Waals surface area contributed by atoms with Gasteiger partial charge in [0.05, 0.1) is 17.4 Å². The molecule has 7 heteroatoms. The van der Waals surface area contributed by atoms with E-state index in [0.29, 0.717) is 45.6 Å². The van der Waals surface area contributed by atoms with E-state index in [-0.39, 0.29) is 17.1 Å². The van der Waals surface area contributed by atoms with E-state index >= 15 is 0 Å². The zero-order valence-corrected chi connectivity index (χ0v) is 19.8. The second-order valence-corrected chi connectivity index (χ2v) is 10.0. The quantitative estimate of drug-likeness (QED) is 0.479. The van der Waals surface area contributed by atoms with Gasteiger partial charge < -0.3 is 5.32 Å². The molecule has 162 valence electrons.